The van der Waals surface area contributed by atoms with Gasteiger partial charge in [0.15, 0.2) is 5.75 Å². The van der Waals surface area contributed by atoms with Crippen LogP contribution in [0.1, 0.15) is 23.7 Å². The van der Waals surface area contributed by atoms with Crippen molar-refractivity contribution in [2.75, 3.05) is 26.7 Å². The number of halogens is 1. The number of nitrogens with zero attached hydrogens (tertiary/aromatic N) is 2. The van der Waals surface area contributed by atoms with Gasteiger partial charge in [-0.25, -0.2) is 0 Å². The number of rotatable bonds is 4. The summed E-state index contributed by atoms with van der Waals surface area (Å²) in [5.74, 6) is -0.0630. The maximum absolute atomic E-state index is 12.5. The Morgan fingerprint density at radius 2 is 2.23 bits per heavy atom. The quantitative estimate of drug-likeness (QED) is 0.671. The minimum absolute atomic E-state index is 0. The predicted molar refractivity (Wildman–Crippen MR) is 84.6 cm³/mol. The van der Waals surface area contributed by atoms with Gasteiger partial charge < -0.3 is 15.4 Å². The topological polar surface area (TPSA) is 98.7 Å². The zero-order valence-corrected chi connectivity index (χ0v) is 13.4. The summed E-state index contributed by atoms with van der Waals surface area (Å²) >= 11 is 0. The largest absolute Gasteiger partial charge is 0.490 e. The Hall–Kier alpha value is -1.86. The fraction of sp³-hybridized carbons (Fsp3) is 0.500. The molecule has 1 aromatic rings. The summed E-state index contributed by atoms with van der Waals surface area (Å²) in [6.45, 7) is 3.82. The van der Waals surface area contributed by atoms with E-state index in [0.717, 1.165) is 6.42 Å². The summed E-state index contributed by atoms with van der Waals surface area (Å²) in [6.07, 6.45) is 0.860. The van der Waals surface area contributed by atoms with E-state index in [-0.39, 0.29) is 35.2 Å². The summed E-state index contributed by atoms with van der Waals surface area (Å²) in [5, 5.41) is 10.9. The molecular formula is C14H20ClN3O4. The predicted octanol–water partition coefficient (Wildman–Crippen LogP) is 1.84. The first-order valence-corrected chi connectivity index (χ1v) is 6.72. The third-order valence-corrected chi connectivity index (χ3v) is 3.96. The minimum Gasteiger partial charge on any atom is -0.490 e. The number of hydrogen-bond acceptors (Lipinski definition) is 5. The number of amides is 1. The Balaban J connectivity index is 0.00000242. The van der Waals surface area contributed by atoms with E-state index in [1.54, 1.807) is 4.90 Å². The van der Waals surface area contributed by atoms with E-state index in [1.807, 2.05) is 0 Å². The number of carbonyl (C=O) groups excluding carboxylic acids is 1. The second-order valence-corrected chi connectivity index (χ2v) is 5.64. The van der Waals surface area contributed by atoms with Crippen molar-refractivity contribution in [1.82, 2.24) is 4.90 Å². The highest BCUT2D eigenvalue weighted by Crippen LogP contribution is 2.32. The second-order valence-electron chi connectivity index (χ2n) is 5.64. The number of ether oxygens (including phenoxy) is 1. The van der Waals surface area contributed by atoms with Crippen molar-refractivity contribution < 1.29 is 14.5 Å². The SMILES string of the molecule is COc1cc(C(=O)N2CCC(C)(CN)C2)ccc1[N+](=O)[O-].Cl. The molecule has 1 amide bonds. The van der Waals surface area contributed by atoms with E-state index in [4.69, 9.17) is 10.5 Å². The molecule has 1 heterocycles. The molecule has 1 unspecified atom stereocenters. The van der Waals surface area contributed by atoms with E-state index in [9.17, 15) is 14.9 Å². The maximum atomic E-state index is 12.5. The second kappa shape index (κ2) is 6.93. The van der Waals surface area contributed by atoms with Crippen LogP contribution in [0.25, 0.3) is 0 Å². The number of likely N-dealkylation sites (tertiary alicyclic amines) is 1. The third-order valence-electron chi connectivity index (χ3n) is 3.96. The lowest BCUT2D eigenvalue weighted by molar-refractivity contribution is -0.385. The Morgan fingerprint density at radius 1 is 1.55 bits per heavy atom. The first kappa shape index (κ1) is 18.2. The van der Waals surface area contributed by atoms with Gasteiger partial charge in [0.25, 0.3) is 5.91 Å². The van der Waals surface area contributed by atoms with Crippen LogP contribution in [0.3, 0.4) is 0 Å². The summed E-state index contributed by atoms with van der Waals surface area (Å²) in [6, 6.07) is 4.17. The molecule has 0 aliphatic carbocycles. The zero-order chi connectivity index (χ0) is 15.6. The van der Waals surface area contributed by atoms with Crippen molar-refractivity contribution in [2.45, 2.75) is 13.3 Å². The molecule has 1 saturated heterocycles. The van der Waals surface area contributed by atoms with Gasteiger partial charge >= 0.3 is 5.69 Å². The average molecular weight is 330 g/mol. The molecule has 0 spiro atoms. The number of benzene rings is 1. The highest BCUT2D eigenvalue weighted by molar-refractivity contribution is 5.95. The van der Waals surface area contributed by atoms with Gasteiger partial charge in [-0.1, -0.05) is 6.92 Å². The Kier molecular flexibility index (Phi) is 5.73. The summed E-state index contributed by atoms with van der Waals surface area (Å²) in [4.78, 5) is 24.5. The molecule has 1 atom stereocenters. The molecule has 0 saturated carbocycles. The standard InChI is InChI=1S/C14H19N3O4.ClH/c1-14(8-15)5-6-16(9-14)13(18)10-3-4-11(17(19)20)12(7-10)21-2;/h3-4,7H,5-6,8-9,15H2,1-2H3;1H. The van der Waals surface area contributed by atoms with Crippen LogP contribution in [0.5, 0.6) is 5.75 Å². The van der Waals surface area contributed by atoms with Gasteiger partial charge in [-0.05, 0) is 24.4 Å². The molecule has 0 radical (unpaired) electrons. The van der Waals surface area contributed by atoms with Gasteiger partial charge in [-0.2, -0.15) is 0 Å². The summed E-state index contributed by atoms with van der Waals surface area (Å²) in [7, 11) is 1.35. The number of nitrogens with two attached hydrogens (primary N) is 1. The molecule has 122 valence electrons. The van der Waals surface area contributed by atoms with E-state index in [2.05, 4.69) is 6.92 Å². The van der Waals surface area contributed by atoms with Crippen LogP contribution < -0.4 is 10.5 Å². The Bertz CT molecular complexity index is 581. The average Bonchev–Trinajstić information content (AvgIpc) is 2.89. The fourth-order valence-corrected chi connectivity index (χ4v) is 2.51. The molecule has 1 aliphatic rings. The highest BCUT2D eigenvalue weighted by atomic mass is 35.5. The minimum atomic E-state index is -0.533. The lowest BCUT2D eigenvalue weighted by atomic mass is 9.90. The fourth-order valence-electron chi connectivity index (χ4n) is 2.51. The van der Waals surface area contributed by atoms with Crippen LogP contribution in [0.2, 0.25) is 0 Å². The van der Waals surface area contributed by atoms with Gasteiger partial charge in [-0.3, -0.25) is 14.9 Å². The van der Waals surface area contributed by atoms with Crippen LogP contribution in [0.4, 0.5) is 5.69 Å². The van der Waals surface area contributed by atoms with E-state index in [0.29, 0.717) is 25.2 Å². The van der Waals surface area contributed by atoms with Crippen molar-refractivity contribution in [1.29, 1.82) is 0 Å². The maximum Gasteiger partial charge on any atom is 0.310 e. The van der Waals surface area contributed by atoms with E-state index >= 15 is 0 Å². The molecular weight excluding hydrogens is 310 g/mol. The normalized spacial score (nSPS) is 20.4. The number of nitro benzene ring substituents is 1. The molecule has 0 bridgehead atoms. The molecule has 8 heteroatoms. The van der Waals surface area contributed by atoms with Gasteiger partial charge in [0, 0.05) is 30.8 Å². The van der Waals surface area contributed by atoms with Gasteiger partial charge in [0.05, 0.1) is 12.0 Å². The highest BCUT2D eigenvalue weighted by Gasteiger charge is 2.35. The first-order chi connectivity index (χ1) is 9.90. The Labute approximate surface area is 135 Å². The first-order valence-electron chi connectivity index (χ1n) is 6.72. The van der Waals surface area contributed by atoms with Crippen LogP contribution in [0.15, 0.2) is 18.2 Å². The van der Waals surface area contributed by atoms with Gasteiger partial charge in [-0.15, -0.1) is 12.4 Å². The zero-order valence-electron chi connectivity index (χ0n) is 12.6. The van der Waals surface area contributed by atoms with E-state index < -0.39 is 4.92 Å². The van der Waals surface area contributed by atoms with Gasteiger partial charge in [0.1, 0.15) is 0 Å². The van der Waals surface area contributed by atoms with Crippen LogP contribution in [0, 0.1) is 15.5 Å². The molecule has 2 rings (SSSR count). The number of nitro groups is 1. The third kappa shape index (κ3) is 3.48. The van der Waals surface area contributed by atoms with Crippen molar-refractivity contribution in [3.8, 4) is 5.75 Å². The van der Waals surface area contributed by atoms with Crippen molar-refractivity contribution in [3.05, 3.63) is 33.9 Å². The van der Waals surface area contributed by atoms with Crippen molar-refractivity contribution in [3.63, 3.8) is 0 Å². The van der Waals surface area contributed by atoms with Crippen molar-refractivity contribution in [2.24, 2.45) is 11.1 Å². The lowest BCUT2D eigenvalue weighted by Gasteiger charge is -2.22. The van der Waals surface area contributed by atoms with Gasteiger partial charge in [0.2, 0.25) is 0 Å². The monoisotopic (exact) mass is 329 g/mol. The molecule has 0 aromatic heterocycles. The molecule has 1 aliphatic heterocycles. The van der Waals surface area contributed by atoms with Crippen molar-refractivity contribution >= 4 is 24.0 Å². The number of hydrogen-bond donors (Lipinski definition) is 1. The molecule has 1 fully saturated rings. The lowest BCUT2D eigenvalue weighted by Crippen LogP contribution is -2.34. The Morgan fingerprint density at radius 3 is 2.73 bits per heavy atom. The van der Waals surface area contributed by atoms with E-state index in [1.165, 1.54) is 25.3 Å². The molecule has 7 nitrogen and oxygen atoms in total. The smallest absolute Gasteiger partial charge is 0.310 e. The molecule has 1 aromatic carbocycles. The van der Waals surface area contributed by atoms with Crippen LogP contribution >= 0.6 is 12.4 Å². The van der Waals surface area contributed by atoms with Crippen LogP contribution in [-0.2, 0) is 0 Å². The van der Waals surface area contributed by atoms with Crippen LogP contribution in [-0.4, -0.2) is 42.5 Å². The molecule has 2 N–H and O–H groups in total. The summed E-state index contributed by atoms with van der Waals surface area (Å²) < 4.78 is 4.99. The summed E-state index contributed by atoms with van der Waals surface area (Å²) in [5.41, 5.74) is 5.92. The number of carbonyl (C=O) groups is 1. The molecule has 22 heavy (non-hydrogen) atoms. The number of methoxy groups -OCH3 is 1.